The average Bonchev–Trinajstić information content (AvgIpc) is 2.66. The Morgan fingerprint density at radius 1 is 1.41 bits per heavy atom. The number of benzene rings is 1. The van der Waals surface area contributed by atoms with Crippen molar-refractivity contribution >= 4 is 22.5 Å². The van der Waals surface area contributed by atoms with E-state index in [2.05, 4.69) is 24.3 Å². The standard InChI is InChI=1S/C13H17ClN2O/c1-9(2)8-17-16-7-10-6-15-13-5-11(14)3-4-12(10)13/h3-6,9,15-16H,7-8H2,1-2H3. The lowest BCUT2D eigenvalue weighted by Crippen LogP contribution is -2.17. The van der Waals surface area contributed by atoms with Crippen LogP contribution >= 0.6 is 11.6 Å². The number of aromatic nitrogens is 1. The summed E-state index contributed by atoms with van der Waals surface area (Å²) in [6.45, 7) is 5.65. The van der Waals surface area contributed by atoms with Crippen molar-refractivity contribution in [2.24, 2.45) is 5.92 Å². The predicted molar refractivity (Wildman–Crippen MR) is 70.9 cm³/mol. The van der Waals surface area contributed by atoms with Gasteiger partial charge >= 0.3 is 0 Å². The van der Waals surface area contributed by atoms with Crippen molar-refractivity contribution in [2.45, 2.75) is 20.4 Å². The molecule has 0 unspecified atom stereocenters. The van der Waals surface area contributed by atoms with Crippen LogP contribution in [0.2, 0.25) is 5.02 Å². The third-order valence-electron chi connectivity index (χ3n) is 2.51. The Labute approximate surface area is 106 Å². The monoisotopic (exact) mass is 252 g/mol. The van der Waals surface area contributed by atoms with Gasteiger partial charge in [0.05, 0.1) is 6.61 Å². The summed E-state index contributed by atoms with van der Waals surface area (Å²) in [7, 11) is 0. The van der Waals surface area contributed by atoms with Crippen LogP contribution in [0.5, 0.6) is 0 Å². The highest BCUT2D eigenvalue weighted by Crippen LogP contribution is 2.21. The van der Waals surface area contributed by atoms with Crippen LogP contribution < -0.4 is 5.48 Å². The zero-order chi connectivity index (χ0) is 12.3. The van der Waals surface area contributed by atoms with Crippen molar-refractivity contribution in [2.75, 3.05) is 6.61 Å². The zero-order valence-electron chi connectivity index (χ0n) is 10.1. The minimum absolute atomic E-state index is 0.532. The smallest absolute Gasteiger partial charge is 0.0705 e. The van der Waals surface area contributed by atoms with Crippen LogP contribution in [0.25, 0.3) is 10.9 Å². The second-order valence-electron chi connectivity index (χ2n) is 4.53. The van der Waals surface area contributed by atoms with Crippen molar-refractivity contribution in [1.29, 1.82) is 0 Å². The first kappa shape index (κ1) is 12.4. The van der Waals surface area contributed by atoms with Crippen LogP contribution in [-0.2, 0) is 11.4 Å². The molecule has 2 aromatic rings. The van der Waals surface area contributed by atoms with E-state index < -0.39 is 0 Å². The lowest BCUT2D eigenvalue weighted by atomic mass is 10.2. The number of aromatic amines is 1. The number of hydrogen-bond donors (Lipinski definition) is 2. The molecule has 0 saturated carbocycles. The Hall–Kier alpha value is -1.03. The van der Waals surface area contributed by atoms with Gasteiger partial charge in [-0.15, -0.1) is 0 Å². The van der Waals surface area contributed by atoms with Crippen molar-refractivity contribution in [3.8, 4) is 0 Å². The summed E-state index contributed by atoms with van der Waals surface area (Å²) in [5.41, 5.74) is 5.21. The summed E-state index contributed by atoms with van der Waals surface area (Å²) in [5.74, 6) is 0.532. The van der Waals surface area contributed by atoms with Gasteiger partial charge in [0, 0.05) is 28.7 Å². The number of rotatable bonds is 5. The second kappa shape index (κ2) is 5.54. The van der Waals surface area contributed by atoms with Crippen molar-refractivity contribution in [3.05, 3.63) is 35.0 Å². The van der Waals surface area contributed by atoms with Gasteiger partial charge in [0.15, 0.2) is 0 Å². The van der Waals surface area contributed by atoms with Crippen LogP contribution in [0.4, 0.5) is 0 Å². The first-order valence-corrected chi connectivity index (χ1v) is 6.15. The summed E-state index contributed by atoms with van der Waals surface area (Å²) in [5, 5.41) is 1.92. The largest absolute Gasteiger partial charge is 0.361 e. The molecular weight excluding hydrogens is 236 g/mol. The maximum atomic E-state index is 5.93. The highest BCUT2D eigenvalue weighted by Gasteiger charge is 2.03. The Kier molecular flexibility index (Phi) is 4.05. The topological polar surface area (TPSA) is 37.0 Å². The van der Waals surface area contributed by atoms with Crippen molar-refractivity contribution < 1.29 is 4.84 Å². The number of halogens is 1. The third-order valence-corrected chi connectivity index (χ3v) is 2.75. The van der Waals surface area contributed by atoms with E-state index in [-0.39, 0.29) is 0 Å². The molecule has 0 atom stereocenters. The molecule has 0 radical (unpaired) electrons. The van der Waals surface area contributed by atoms with Gasteiger partial charge in [-0.3, -0.25) is 0 Å². The summed E-state index contributed by atoms with van der Waals surface area (Å²) >= 11 is 5.93. The molecule has 1 aromatic carbocycles. The minimum Gasteiger partial charge on any atom is -0.361 e. The van der Waals surface area contributed by atoms with Crippen molar-refractivity contribution in [1.82, 2.24) is 10.5 Å². The van der Waals surface area contributed by atoms with E-state index in [0.717, 1.165) is 10.5 Å². The van der Waals surface area contributed by atoms with Gasteiger partial charge in [0.1, 0.15) is 0 Å². The van der Waals surface area contributed by atoms with Gasteiger partial charge in [-0.25, -0.2) is 0 Å². The molecule has 0 saturated heterocycles. The Bertz CT molecular complexity index is 493. The van der Waals surface area contributed by atoms with E-state index in [1.54, 1.807) is 0 Å². The van der Waals surface area contributed by atoms with Gasteiger partial charge in [-0.2, -0.15) is 5.48 Å². The van der Waals surface area contributed by atoms with Gasteiger partial charge in [0.2, 0.25) is 0 Å². The van der Waals surface area contributed by atoms with Crippen LogP contribution in [-0.4, -0.2) is 11.6 Å². The molecule has 3 nitrogen and oxygen atoms in total. The molecule has 92 valence electrons. The molecule has 0 aliphatic rings. The molecule has 0 bridgehead atoms. The maximum Gasteiger partial charge on any atom is 0.0705 e. The van der Waals surface area contributed by atoms with Crippen LogP contribution in [0.3, 0.4) is 0 Å². The Morgan fingerprint density at radius 2 is 2.24 bits per heavy atom. The molecule has 4 heteroatoms. The molecule has 1 heterocycles. The summed E-state index contributed by atoms with van der Waals surface area (Å²) in [6, 6.07) is 5.85. The quantitative estimate of drug-likeness (QED) is 0.631. The molecule has 1 aromatic heterocycles. The highest BCUT2D eigenvalue weighted by atomic mass is 35.5. The predicted octanol–water partition coefficient (Wildman–Crippen LogP) is 3.50. The van der Waals surface area contributed by atoms with E-state index in [1.165, 1.54) is 10.9 Å². The van der Waals surface area contributed by atoms with E-state index in [0.29, 0.717) is 19.1 Å². The molecule has 0 aliphatic heterocycles. The van der Waals surface area contributed by atoms with Gasteiger partial charge < -0.3 is 9.82 Å². The summed E-state index contributed by atoms with van der Waals surface area (Å²) in [4.78, 5) is 8.55. The molecule has 0 spiro atoms. The molecule has 17 heavy (non-hydrogen) atoms. The number of hydroxylamine groups is 1. The van der Waals surface area contributed by atoms with Crippen LogP contribution in [0, 0.1) is 5.92 Å². The molecule has 0 fully saturated rings. The third kappa shape index (κ3) is 3.22. The molecule has 0 aliphatic carbocycles. The minimum atomic E-state index is 0.532. The van der Waals surface area contributed by atoms with E-state index >= 15 is 0 Å². The van der Waals surface area contributed by atoms with E-state index in [4.69, 9.17) is 16.4 Å². The van der Waals surface area contributed by atoms with E-state index in [1.807, 2.05) is 24.4 Å². The summed E-state index contributed by atoms with van der Waals surface area (Å²) in [6.07, 6.45) is 1.98. The number of nitrogens with one attached hydrogen (secondary N) is 2. The molecular formula is C13H17ClN2O. The lowest BCUT2D eigenvalue weighted by Gasteiger charge is -2.07. The fourth-order valence-electron chi connectivity index (χ4n) is 1.66. The van der Waals surface area contributed by atoms with E-state index in [9.17, 15) is 0 Å². The van der Waals surface area contributed by atoms with Gasteiger partial charge in [-0.05, 0) is 23.6 Å². The Morgan fingerprint density at radius 3 is 3.00 bits per heavy atom. The lowest BCUT2D eigenvalue weighted by molar-refractivity contribution is 0.0198. The van der Waals surface area contributed by atoms with Gasteiger partial charge in [-0.1, -0.05) is 31.5 Å². The first-order valence-electron chi connectivity index (χ1n) is 5.77. The molecule has 2 rings (SSSR count). The number of fused-ring (bicyclic) bond motifs is 1. The average molecular weight is 253 g/mol. The summed E-state index contributed by atoms with van der Waals surface area (Å²) < 4.78 is 0. The van der Waals surface area contributed by atoms with Crippen LogP contribution in [0.15, 0.2) is 24.4 Å². The van der Waals surface area contributed by atoms with Crippen LogP contribution in [0.1, 0.15) is 19.4 Å². The second-order valence-corrected chi connectivity index (χ2v) is 4.97. The maximum absolute atomic E-state index is 5.93. The SMILES string of the molecule is CC(C)CONCc1c[nH]c2cc(Cl)ccc12. The fraction of sp³-hybridized carbons (Fsp3) is 0.385. The molecule has 2 N–H and O–H groups in total. The molecule has 0 amide bonds. The highest BCUT2D eigenvalue weighted by molar-refractivity contribution is 6.31. The Balaban J connectivity index is 1.99. The first-order chi connectivity index (χ1) is 8.16. The zero-order valence-corrected chi connectivity index (χ0v) is 10.8. The number of hydrogen-bond acceptors (Lipinski definition) is 2. The van der Waals surface area contributed by atoms with Crippen molar-refractivity contribution in [3.63, 3.8) is 0 Å². The van der Waals surface area contributed by atoms with Gasteiger partial charge in [0.25, 0.3) is 0 Å². The normalized spacial score (nSPS) is 11.5. The number of H-pyrrole nitrogens is 1. The fourth-order valence-corrected chi connectivity index (χ4v) is 1.83.